The first kappa shape index (κ1) is 18.1. The molecule has 26 heavy (non-hydrogen) atoms. The molecule has 2 amide bonds. The molecule has 0 aliphatic carbocycles. The molecular formula is C21H23N3OS. The Labute approximate surface area is 158 Å². The fourth-order valence-electron chi connectivity index (χ4n) is 2.67. The molecule has 0 saturated heterocycles. The van der Waals surface area contributed by atoms with Crippen molar-refractivity contribution in [1.29, 1.82) is 0 Å². The van der Waals surface area contributed by atoms with Gasteiger partial charge in [0, 0.05) is 29.6 Å². The van der Waals surface area contributed by atoms with Gasteiger partial charge in [-0.3, -0.25) is 0 Å². The van der Waals surface area contributed by atoms with Gasteiger partial charge in [-0.25, -0.2) is 9.78 Å². The molecule has 3 aromatic rings. The van der Waals surface area contributed by atoms with E-state index >= 15 is 0 Å². The van der Waals surface area contributed by atoms with Crippen molar-refractivity contribution in [3.63, 3.8) is 0 Å². The summed E-state index contributed by atoms with van der Waals surface area (Å²) in [7, 11) is 0. The number of hydrogen-bond donors (Lipinski definition) is 2. The van der Waals surface area contributed by atoms with E-state index in [0.717, 1.165) is 27.5 Å². The van der Waals surface area contributed by atoms with Gasteiger partial charge in [0.1, 0.15) is 5.01 Å². The minimum atomic E-state index is -0.189. The van der Waals surface area contributed by atoms with Crippen LogP contribution in [-0.2, 0) is 6.42 Å². The number of aryl methyl sites for hydroxylation is 3. The average molecular weight is 366 g/mol. The second-order valence-corrected chi connectivity index (χ2v) is 7.32. The largest absolute Gasteiger partial charge is 0.337 e. The molecule has 0 fully saturated rings. The van der Waals surface area contributed by atoms with Crippen LogP contribution in [0.15, 0.2) is 47.8 Å². The quantitative estimate of drug-likeness (QED) is 0.661. The molecule has 5 heteroatoms. The van der Waals surface area contributed by atoms with Crippen molar-refractivity contribution in [1.82, 2.24) is 10.3 Å². The Bertz CT molecular complexity index is 900. The number of hydrogen-bond acceptors (Lipinski definition) is 3. The SMILES string of the molecule is Cc1ccc(-c2nc(CCNC(=O)Nc3ccc(C)cc3C)cs2)cc1. The number of rotatable bonds is 5. The lowest BCUT2D eigenvalue weighted by molar-refractivity contribution is 0.252. The summed E-state index contributed by atoms with van der Waals surface area (Å²) in [6.45, 7) is 6.65. The van der Waals surface area contributed by atoms with Gasteiger partial charge in [0.15, 0.2) is 0 Å². The van der Waals surface area contributed by atoms with Crippen LogP contribution in [0.4, 0.5) is 10.5 Å². The number of urea groups is 1. The zero-order valence-electron chi connectivity index (χ0n) is 15.3. The van der Waals surface area contributed by atoms with E-state index in [9.17, 15) is 4.79 Å². The maximum absolute atomic E-state index is 12.1. The molecule has 0 bridgehead atoms. The molecule has 4 nitrogen and oxygen atoms in total. The summed E-state index contributed by atoms with van der Waals surface area (Å²) < 4.78 is 0. The highest BCUT2D eigenvalue weighted by molar-refractivity contribution is 7.13. The Hall–Kier alpha value is -2.66. The van der Waals surface area contributed by atoms with E-state index < -0.39 is 0 Å². The summed E-state index contributed by atoms with van der Waals surface area (Å²) in [5, 5.41) is 8.85. The van der Waals surface area contributed by atoms with Gasteiger partial charge in [-0.15, -0.1) is 11.3 Å². The maximum Gasteiger partial charge on any atom is 0.319 e. The summed E-state index contributed by atoms with van der Waals surface area (Å²) in [6.07, 6.45) is 0.711. The van der Waals surface area contributed by atoms with Crippen molar-refractivity contribution in [2.75, 3.05) is 11.9 Å². The van der Waals surface area contributed by atoms with Crippen LogP contribution in [0.2, 0.25) is 0 Å². The lowest BCUT2D eigenvalue weighted by Crippen LogP contribution is -2.30. The fourth-order valence-corrected chi connectivity index (χ4v) is 3.54. The van der Waals surface area contributed by atoms with E-state index in [2.05, 4.69) is 58.3 Å². The zero-order chi connectivity index (χ0) is 18.5. The third-order valence-electron chi connectivity index (χ3n) is 4.15. The minimum Gasteiger partial charge on any atom is -0.337 e. The summed E-state index contributed by atoms with van der Waals surface area (Å²) in [5.41, 5.74) is 6.45. The summed E-state index contributed by atoms with van der Waals surface area (Å²) in [5.74, 6) is 0. The highest BCUT2D eigenvalue weighted by Crippen LogP contribution is 2.24. The van der Waals surface area contributed by atoms with Gasteiger partial charge in [-0.2, -0.15) is 0 Å². The standard InChI is InChI=1S/C21H23N3OS/c1-14-4-7-17(8-5-14)20-23-18(13-26-20)10-11-22-21(25)24-19-9-6-15(2)12-16(19)3/h4-9,12-13H,10-11H2,1-3H3,(H2,22,24,25). The highest BCUT2D eigenvalue weighted by Gasteiger charge is 2.07. The lowest BCUT2D eigenvalue weighted by atomic mass is 10.1. The van der Waals surface area contributed by atoms with Gasteiger partial charge in [-0.1, -0.05) is 47.5 Å². The van der Waals surface area contributed by atoms with Crippen LogP contribution in [0.25, 0.3) is 10.6 Å². The molecule has 0 spiro atoms. The smallest absolute Gasteiger partial charge is 0.319 e. The number of benzene rings is 2. The number of nitrogens with one attached hydrogen (secondary N) is 2. The monoisotopic (exact) mass is 365 g/mol. The number of carbonyl (C=O) groups excluding carboxylic acids is 1. The Balaban J connectivity index is 1.50. The molecule has 0 radical (unpaired) electrons. The molecule has 134 valence electrons. The summed E-state index contributed by atoms with van der Waals surface area (Å²) in [6, 6.07) is 14.2. The number of thiazole rings is 1. The van der Waals surface area contributed by atoms with Crippen molar-refractivity contribution in [2.24, 2.45) is 0 Å². The molecule has 0 atom stereocenters. The molecule has 0 aliphatic heterocycles. The number of amides is 2. The van der Waals surface area contributed by atoms with Crippen LogP contribution in [0.3, 0.4) is 0 Å². The topological polar surface area (TPSA) is 54.0 Å². The van der Waals surface area contributed by atoms with E-state index in [1.54, 1.807) is 11.3 Å². The molecule has 3 rings (SSSR count). The van der Waals surface area contributed by atoms with Crippen molar-refractivity contribution in [3.05, 3.63) is 70.2 Å². The van der Waals surface area contributed by atoms with Crippen molar-refractivity contribution < 1.29 is 4.79 Å². The number of aromatic nitrogens is 1. The average Bonchev–Trinajstić information content (AvgIpc) is 3.07. The van der Waals surface area contributed by atoms with Gasteiger partial charge in [0.05, 0.1) is 5.69 Å². The maximum atomic E-state index is 12.1. The van der Waals surface area contributed by atoms with Crippen LogP contribution >= 0.6 is 11.3 Å². The van der Waals surface area contributed by atoms with Gasteiger partial charge in [-0.05, 0) is 32.4 Å². The zero-order valence-corrected chi connectivity index (χ0v) is 16.1. The molecule has 1 heterocycles. The first-order valence-electron chi connectivity index (χ1n) is 8.65. The lowest BCUT2D eigenvalue weighted by Gasteiger charge is -2.10. The van der Waals surface area contributed by atoms with E-state index in [1.165, 1.54) is 11.1 Å². The number of anilines is 1. The third-order valence-corrected chi connectivity index (χ3v) is 5.09. The molecule has 2 aromatic carbocycles. The Morgan fingerprint density at radius 1 is 1.04 bits per heavy atom. The Morgan fingerprint density at radius 3 is 2.50 bits per heavy atom. The van der Waals surface area contributed by atoms with Crippen LogP contribution in [0.1, 0.15) is 22.4 Å². The van der Waals surface area contributed by atoms with Crippen molar-refractivity contribution in [2.45, 2.75) is 27.2 Å². The predicted octanol–water partition coefficient (Wildman–Crippen LogP) is 5.10. The van der Waals surface area contributed by atoms with Gasteiger partial charge in [0.25, 0.3) is 0 Å². The Morgan fingerprint density at radius 2 is 1.77 bits per heavy atom. The normalized spacial score (nSPS) is 10.6. The second-order valence-electron chi connectivity index (χ2n) is 6.46. The molecule has 0 saturated carbocycles. The molecule has 1 aromatic heterocycles. The highest BCUT2D eigenvalue weighted by atomic mass is 32.1. The van der Waals surface area contributed by atoms with Crippen LogP contribution in [0, 0.1) is 20.8 Å². The first-order chi connectivity index (χ1) is 12.5. The molecular weight excluding hydrogens is 342 g/mol. The molecule has 0 unspecified atom stereocenters. The predicted molar refractivity (Wildman–Crippen MR) is 109 cm³/mol. The van der Waals surface area contributed by atoms with Gasteiger partial charge in [0.2, 0.25) is 0 Å². The van der Waals surface area contributed by atoms with E-state index in [0.29, 0.717) is 13.0 Å². The van der Waals surface area contributed by atoms with Crippen LogP contribution in [0.5, 0.6) is 0 Å². The second kappa shape index (κ2) is 8.15. The molecule has 0 aliphatic rings. The first-order valence-corrected chi connectivity index (χ1v) is 9.53. The van der Waals surface area contributed by atoms with E-state index in [1.807, 2.05) is 26.0 Å². The van der Waals surface area contributed by atoms with Crippen molar-refractivity contribution >= 4 is 23.1 Å². The number of carbonyl (C=O) groups is 1. The van der Waals surface area contributed by atoms with Crippen LogP contribution < -0.4 is 10.6 Å². The fraction of sp³-hybridized carbons (Fsp3) is 0.238. The minimum absolute atomic E-state index is 0.189. The van der Waals surface area contributed by atoms with Gasteiger partial charge >= 0.3 is 6.03 Å². The summed E-state index contributed by atoms with van der Waals surface area (Å²) in [4.78, 5) is 16.7. The van der Waals surface area contributed by atoms with Crippen molar-refractivity contribution in [3.8, 4) is 10.6 Å². The number of nitrogens with zero attached hydrogens (tertiary/aromatic N) is 1. The van der Waals surface area contributed by atoms with E-state index in [4.69, 9.17) is 0 Å². The molecule has 2 N–H and O–H groups in total. The van der Waals surface area contributed by atoms with Crippen LogP contribution in [-0.4, -0.2) is 17.6 Å². The van der Waals surface area contributed by atoms with Gasteiger partial charge < -0.3 is 10.6 Å². The summed E-state index contributed by atoms with van der Waals surface area (Å²) >= 11 is 1.63. The third kappa shape index (κ3) is 4.70. The Kier molecular flexibility index (Phi) is 5.68. The van der Waals surface area contributed by atoms with E-state index in [-0.39, 0.29) is 6.03 Å².